The third-order valence-electron chi connectivity index (χ3n) is 8.06. The fourth-order valence-corrected chi connectivity index (χ4v) is 6.07. The molecule has 196 valence electrons. The van der Waals surface area contributed by atoms with Crippen LogP contribution in [0.1, 0.15) is 50.2 Å². The zero-order valence-electron chi connectivity index (χ0n) is 21.3. The second kappa shape index (κ2) is 10.7. The molecule has 1 aromatic heterocycles. The van der Waals surface area contributed by atoms with Gasteiger partial charge in [-0.15, -0.1) is 0 Å². The maximum Gasteiger partial charge on any atom is 0.433 e. The second-order valence-electron chi connectivity index (χ2n) is 10.5. The molecule has 9 heteroatoms. The Morgan fingerprint density at radius 2 is 1.94 bits per heavy atom. The van der Waals surface area contributed by atoms with Gasteiger partial charge in [-0.2, -0.15) is 13.2 Å². The molecule has 0 bridgehead atoms. The molecule has 2 aliphatic rings. The summed E-state index contributed by atoms with van der Waals surface area (Å²) in [5, 5.41) is 3.72. The minimum Gasteiger partial charge on any atom is -0.349 e. The van der Waals surface area contributed by atoms with E-state index >= 15 is 0 Å². The van der Waals surface area contributed by atoms with Gasteiger partial charge < -0.3 is 15.1 Å². The molecular weight excluding hydrogens is 467 g/mol. The van der Waals surface area contributed by atoms with E-state index in [0.29, 0.717) is 31.5 Å². The molecule has 1 aliphatic carbocycles. The standard InChI is InChI=1S/C27H36F3N5O/c1-19(2)26(11-9-22(16-26)31-12-10-21-7-5-4-6-8-21)24-17-34(18-36)13-14-35(24)25-15-23(27(28,29)30)32-20(3)33-25/h4-8,15,18-19,22,24,31H,9-14,16-17H2,1-3H3/t22-,24?,26+/m1/s1. The van der Waals surface area contributed by atoms with Crippen molar-refractivity contribution in [2.75, 3.05) is 31.1 Å². The van der Waals surface area contributed by atoms with Gasteiger partial charge >= 0.3 is 6.18 Å². The van der Waals surface area contributed by atoms with Crippen LogP contribution in [-0.2, 0) is 17.4 Å². The van der Waals surface area contributed by atoms with Gasteiger partial charge in [0.15, 0.2) is 0 Å². The number of carbonyl (C=O) groups excluding carboxylic acids is 1. The summed E-state index contributed by atoms with van der Waals surface area (Å²) in [5.74, 6) is 0.676. The number of piperazine rings is 1. The number of alkyl halides is 3. The number of benzene rings is 1. The van der Waals surface area contributed by atoms with Crippen molar-refractivity contribution in [3.05, 3.63) is 53.5 Å². The minimum absolute atomic E-state index is 0.0989. The zero-order chi connectivity index (χ0) is 25.9. The van der Waals surface area contributed by atoms with E-state index in [1.54, 1.807) is 4.90 Å². The summed E-state index contributed by atoms with van der Waals surface area (Å²) in [6, 6.07) is 11.6. The fourth-order valence-electron chi connectivity index (χ4n) is 6.07. The van der Waals surface area contributed by atoms with Crippen LogP contribution in [0.3, 0.4) is 0 Å². The van der Waals surface area contributed by atoms with Crippen LogP contribution in [0, 0.1) is 18.3 Å². The Labute approximate surface area is 211 Å². The highest BCUT2D eigenvalue weighted by molar-refractivity contribution is 5.51. The number of amides is 1. The lowest BCUT2D eigenvalue weighted by atomic mass is 9.68. The van der Waals surface area contributed by atoms with E-state index in [2.05, 4.69) is 41.3 Å². The summed E-state index contributed by atoms with van der Waals surface area (Å²) in [5.41, 5.74) is 0.202. The largest absolute Gasteiger partial charge is 0.433 e. The molecule has 2 heterocycles. The Kier molecular flexibility index (Phi) is 7.87. The lowest BCUT2D eigenvalue weighted by molar-refractivity contribution is -0.141. The highest BCUT2D eigenvalue weighted by Crippen LogP contribution is 2.50. The Balaban J connectivity index is 1.58. The smallest absolute Gasteiger partial charge is 0.349 e. The van der Waals surface area contributed by atoms with Crippen molar-refractivity contribution in [1.82, 2.24) is 20.2 Å². The molecule has 1 aliphatic heterocycles. The van der Waals surface area contributed by atoms with Crippen molar-refractivity contribution in [3.63, 3.8) is 0 Å². The Morgan fingerprint density at radius 3 is 2.61 bits per heavy atom. The third kappa shape index (κ3) is 5.66. The summed E-state index contributed by atoms with van der Waals surface area (Å²) in [6.07, 6.45) is 0.103. The number of aryl methyl sites for hydroxylation is 1. The van der Waals surface area contributed by atoms with Crippen LogP contribution in [0.25, 0.3) is 0 Å². The van der Waals surface area contributed by atoms with E-state index in [-0.39, 0.29) is 23.2 Å². The van der Waals surface area contributed by atoms with Crippen LogP contribution < -0.4 is 10.2 Å². The predicted molar refractivity (Wildman–Crippen MR) is 134 cm³/mol. The van der Waals surface area contributed by atoms with E-state index in [1.165, 1.54) is 12.5 Å². The van der Waals surface area contributed by atoms with E-state index in [1.807, 2.05) is 23.1 Å². The van der Waals surface area contributed by atoms with E-state index in [9.17, 15) is 18.0 Å². The molecule has 0 radical (unpaired) electrons. The molecule has 1 N–H and O–H groups in total. The number of aromatic nitrogens is 2. The van der Waals surface area contributed by atoms with Gasteiger partial charge in [0.2, 0.25) is 6.41 Å². The Morgan fingerprint density at radius 1 is 1.19 bits per heavy atom. The quantitative estimate of drug-likeness (QED) is 0.539. The van der Waals surface area contributed by atoms with Gasteiger partial charge in [-0.3, -0.25) is 4.79 Å². The number of hydrogen-bond acceptors (Lipinski definition) is 5. The van der Waals surface area contributed by atoms with E-state index < -0.39 is 11.9 Å². The second-order valence-corrected chi connectivity index (χ2v) is 10.5. The lowest BCUT2D eigenvalue weighted by Gasteiger charge is -2.51. The molecule has 1 saturated carbocycles. The van der Waals surface area contributed by atoms with Crippen LogP contribution in [0.2, 0.25) is 0 Å². The number of rotatable bonds is 8. The van der Waals surface area contributed by atoms with Crippen LogP contribution in [0.15, 0.2) is 36.4 Å². The first-order valence-corrected chi connectivity index (χ1v) is 12.8. The Hall–Kier alpha value is -2.68. The predicted octanol–water partition coefficient (Wildman–Crippen LogP) is 4.48. The highest BCUT2D eigenvalue weighted by atomic mass is 19.4. The zero-order valence-corrected chi connectivity index (χ0v) is 21.3. The molecule has 2 fully saturated rings. The number of halogens is 3. The summed E-state index contributed by atoms with van der Waals surface area (Å²) in [6.45, 7) is 8.12. The maximum atomic E-state index is 13.6. The lowest BCUT2D eigenvalue weighted by Crippen LogP contribution is -2.61. The van der Waals surface area contributed by atoms with Gasteiger partial charge in [0.05, 0.1) is 6.04 Å². The van der Waals surface area contributed by atoms with Crippen LogP contribution >= 0.6 is 0 Å². The molecule has 2 aromatic rings. The number of hydrogen-bond donors (Lipinski definition) is 1. The molecule has 1 amide bonds. The van der Waals surface area contributed by atoms with Gasteiger partial charge in [0, 0.05) is 31.7 Å². The van der Waals surface area contributed by atoms with Crippen molar-refractivity contribution < 1.29 is 18.0 Å². The third-order valence-corrected chi connectivity index (χ3v) is 8.06. The van der Waals surface area contributed by atoms with E-state index in [4.69, 9.17) is 0 Å². The first kappa shape index (κ1) is 26.4. The van der Waals surface area contributed by atoms with Crippen molar-refractivity contribution >= 4 is 12.2 Å². The summed E-state index contributed by atoms with van der Waals surface area (Å²) in [7, 11) is 0. The van der Waals surface area contributed by atoms with Crippen molar-refractivity contribution in [2.24, 2.45) is 11.3 Å². The van der Waals surface area contributed by atoms with Crippen LogP contribution in [0.5, 0.6) is 0 Å². The Bertz CT molecular complexity index is 1030. The molecule has 3 atom stereocenters. The average molecular weight is 504 g/mol. The molecule has 6 nitrogen and oxygen atoms in total. The normalized spacial score (nSPS) is 25.0. The summed E-state index contributed by atoms with van der Waals surface area (Å²) < 4.78 is 40.7. The first-order valence-electron chi connectivity index (χ1n) is 12.8. The summed E-state index contributed by atoms with van der Waals surface area (Å²) >= 11 is 0. The molecule has 1 aromatic carbocycles. The topological polar surface area (TPSA) is 61.4 Å². The van der Waals surface area contributed by atoms with Gasteiger partial charge in [-0.05, 0) is 56.0 Å². The average Bonchev–Trinajstić information content (AvgIpc) is 3.29. The van der Waals surface area contributed by atoms with Gasteiger partial charge in [0.25, 0.3) is 0 Å². The number of anilines is 1. The molecule has 1 saturated heterocycles. The SMILES string of the molecule is Cc1nc(N2CCN(C=O)CC2[C@@]2(C(C)C)CC[C@@H](NCCc3ccccc3)C2)cc(C(F)(F)F)n1. The van der Waals surface area contributed by atoms with E-state index in [0.717, 1.165) is 44.7 Å². The molecule has 1 unspecified atom stereocenters. The maximum absolute atomic E-state index is 13.6. The minimum atomic E-state index is -4.54. The van der Waals surface area contributed by atoms with Crippen molar-refractivity contribution in [3.8, 4) is 0 Å². The van der Waals surface area contributed by atoms with Crippen LogP contribution in [-0.4, -0.2) is 59.5 Å². The number of carbonyl (C=O) groups is 1. The molecule has 4 rings (SSSR count). The highest BCUT2D eigenvalue weighted by Gasteiger charge is 2.51. The number of nitrogens with zero attached hydrogens (tertiary/aromatic N) is 4. The van der Waals surface area contributed by atoms with Crippen molar-refractivity contribution in [1.29, 1.82) is 0 Å². The van der Waals surface area contributed by atoms with Crippen LogP contribution in [0.4, 0.5) is 19.0 Å². The monoisotopic (exact) mass is 503 g/mol. The number of nitrogens with one attached hydrogen (secondary N) is 1. The fraction of sp³-hybridized carbons (Fsp3) is 0.593. The molecule has 36 heavy (non-hydrogen) atoms. The molecule has 0 spiro atoms. The first-order chi connectivity index (χ1) is 17.1. The molecular formula is C27H36F3N5O. The van der Waals surface area contributed by atoms with Gasteiger partial charge in [-0.25, -0.2) is 9.97 Å². The summed E-state index contributed by atoms with van der Waals surface area (Å²) in [4.78, 5) is 23.6. The van der Waals surface area contributed by atoms with Gasteiger partial charge in [0.1, 0.15) is 17.3 Å². The van der Waals surface area contributed by atoms with Crippen molar-refractivity contribution in [2.45, 2.75) is 64.7 Å². The van der Waals surface area contributed by atoms with Gasteiger partial charge in [-0.1, -0.05) is 44.2 Å².